The van der Waals surface area contributed by atoms with Crippen LogP contribution in [0.3, 0.4) is 0 Å². The molecular formula is C24H21F2N3O3S. The van der Waals surface area contributed by atoms with E-state index >= 15 is 0 Å². The number of ether oxygens (including phenoxy) is 1. The zero-order chi connectivity index (χ0) is 23.4. The number of nitrogens with zero attached hydrogens (tertiary/aromatic N) is 2. The number of carbonyl (C=O) groups is 1. The molecule has 2 aromatic carbocycles. The van der Waals surface area contributed by atoms with Gasteiger partial charge in [-0.1, -0.05) is 42.5 Å². The molecule has 0 bridgehead atoms. The Morgan fingerprint density at radius 1 is 1.15 bits per heavy atom. The van der Waals surface area contributed by atoms with Crippen LogP contribution in [0.4, 0.5) is 8.78 Å². The lowest BCUT2D eigenvalue weighted by atomic mass is 10.0. The van der Waals surface area contributed by atoms with E-state index in [0.29, 0.717) is 23.2 Å². The lowest BCUT2D eigenvalue weighted by molar-refractivity contribution is -0.121. The number of hydrogen-bond acceptors (Lipinski definition) is 5. The molecule has 0 aliphatic heterocycles. The van der Waals surface area contributed by atoms with E-state index in [1.54, 1.807) is 12.1 Å². The Morgan fingerprint density at radius 3 is 2.58 bits per heavy atom. The molecule has 0 atom stereocenters. The fourth-order valence-corrected chi connectivity index (χ4v) is 4.60. The molecule has 2 aromatic heterocycles. The summed E-state index contributed by atoms with van der Waals surface area (Å²) in [7, 11) is 0. The fourth-order valence-electron chi connectivity index (χ4n) is 3.60. The second-order valence-corrected chi connectivity index (χ2v) is 8.58. The Balaban J connectivity index is 1.43. The van der Waals surface area contributed by atoms with Gasteiger partial charge in [-0.3, -0.25) is 14.2 Å². The van der Waals surface area contributed by atoms with Crippen molar-refractivity contribution in [2.24, 2.45) is 0 Å². The first-order valence-corrected chi connectivity index (χ1v) is 11.1. The monoisotopic (exact) mass is 469 g/mol. The van der Waals surface area contributed by atoms with Crippen LogP contribution in [-0.2, 0) is 17.8 Å². The van der Waals surface area contributed by atoms with Gasteiger partial charge in [0.05, 0.1) is 11.7 Å². The quantitative estimate of drug-likeness (QED) is 0.415. The van der Waals surface area contributed by atoms with Gasteiger partial charge in [0.1, 0.15) is 17.1 Å². The van der Waals surface area contributed by atoms with Crippen LogP contribution in [-0.4, -0.2) is 28.6 Å². The third kappa shape index (κ3) is 5.25. The molecule has 6 nitrogen and oxygen atoms in total. The fraction of sp³-hybridized carbons (Fsp3) is 0.208. The van der Waals surface area contributed by atoms with Gasteiger partial charge in [-0.2, -0.15) is 8.78 Å². The molecule has 4 aromatic rings. The van der Waals surface area contributed by atoms with Crippen LogP contribution in [0.5, 0.6) is 5.75 Å². The summed E-state index contributed by atoms with van der Waals surface area (Å²) in [6.45, 7) is -0.719. The van der Waals surface area contributed by atoms with Gasteiger partial charge in [0.15, 0.2) is 0 Å². The third-order valence-corrected chi connectivity index (χ3v) is 6.13. The van der Waals surface area contributed by atoms with Gasteiger partial charge >= 0.3 is 6.61 Å². The summed E-state index contributed by atoms with van der Waals surface area (Å²) >= 11 is 1.46. The van der Waals surface area contributed by atoms with Crippen LogP contribution in [0.25, 0.3) is 21.3 Å². The van der Waals surface area contributed by atoms with Gasteiger partial charge in [0, 0.05) is 17.0 Å². The van der Waals surface area contributed by atoms with E-state index in [2.05, 4.69) is 15.0 Å². The summed E-state index contributed by atoms with van der Waals surface area (Å²) in [5.74, 6) is -0.234. The molecule has 0 saturated carbocycles. The summed E-state index contributed by atoms with van der Waals surface area (Å²) in [6, 6.07) is 15.9. The van der Waals surface area contributed by atoms with E-state index in [-0.39, 0.29) is 23.8 Å². The largest absolute Gasteiger partial charge is 0.435 e. The number of hydrogen-bond donors (Lipinski definition) is 1. The number of aromatic nitrogens is 2. The van der Waals surface area contributed by atoms with Crippen molar-refractivity contribution in [2.45, 2.75) is 26.5 Å². The van der Waals surface area contributed by atoms with Crippen LogP contribution >= 0.6 is 11.3 Å². The summed E-state index contributed by atoms with van der Waals surface area (Å²) in [4.78, 5) is 31.6. The van der Waals surface area contributed by atoms with E-state index in [1.165, 1.54) is 34.4 Å². The minimum Gasteiger partial charge on any atom is -0.435 e. The Hall–Kier alpha value is -3.59. The number of rotatable bonds is 8. The number of benzene rings is 2. The molecular weight excluding hydrogens is 448 g/mol. The SMILES string of the molecule is Cc1sc2ncn(CC(=O)NCCc3ccc(OC(F)F)cc3)c(=O)c2c1-c1ccccc1. The number of nitrogens with one attached hydrogen (secondary N) is 1. The Kier molecular flexibility index (Phi) is 6.79. The lowest BCUT2D eigenvalue weighted by Gasteiger charge is -2.09. The molecule has 0 saturated heterocycles. The first-order chi connectivity index (χ1) is 15.9. The number of carbonyl (C=O) groups excluding carboxylic acids is 1. The minimum absolute atomic E-state index is 0.0820. The van der Waals surface area contributed by atoms with Crippen LogP contribution < -0.4 is 15.6 Å². The maximum absolute atomic E-state index is 13.2. The number of alkyl halides is 2. The van der Waals surface area contributed by atoms with E-state index in [0.717, 1.165) is 21.6 Å². The maximum atomic E-state index is 13.2. The summed E-state index contributed by atoms with van der Waals surface area (Å²) in [5.41, 5.74) is 2.39. The molecule has 0 aliphatic carbocycles. The molecule has 1 amide bonds. The van der Waals surface area contributed by atoms with Gasteiger partial charge in [-0.15, -0.1) is 11.3 Å². The zero-order valence-corrected chi connectivity index (χ0v) is 18.6. The molecule has 0 aliphatic rings. The van der Waals surface area contributed by atoms with E-state index in [1.807, 2.05) is 37.3 Å². The van der Waals surface area contributed by atoms with Crippen LogP contribution in [0.15, 0.2) is 65.7 Å². The molecule has 0 spiro atoms. The molecule has 4 rings (SSSR count). The number of halogens is 2. The first-order valence-electron chi connectivity index (χ1n) is 10.3. The molecule has 0 unspecified atom stereocenters. The van der Waals surface area contributed by atoms with Crippen molar-refractivity contribution < 1.29 is 18.3 Å². The van der Waals surface area contributed by atoms with Gasteiger partial charge in [-0.05, 0) is 36.6 Å². The maximum Gasteiger partial charge on any atom is 0.387 e. The van der Waals surface area contributed by atoms with Gasteiger partial charge in [0.2, 0.25) is 5.91 Å². The van der Waals surface area contributed by atoms with Crippen molar-refractivity contribution in [3.63, 3.8) is 0 Å². The number of amides is 1. The van der Waals surface area contributed by atoms with Crippen molar-refractivity contribution in [1.29, 1.82) is 0 Å². The highest BCUT2D eigenvalue weighted by molar-refractivity contribution is 7.19. The topological polar surface area (TPSA) is 73.2 Å². The highest BCUT2D eigenvalue weighted by Gasteiger charge is 2.17. The average Bonchev–Trinajstić information content (AvgIpc) is 3.14. The van der Waals surface area contributed by atoms with Gasteiger partial charge in [-0.25, -0.2) is 4.98 Å². The summed E-state index contributed by atoms with van der Waals surface area (Å²) in [5, 5.41) is 3.30. The predicted octanol–water partition coefficient (Wildman–Crippen LogP) is 4.39. The molecule has 0 fully saturated rings. The lowest BCUT2D eigenvalue weighted by Crippen LogP contribution is -2.33. The van der Waals surface area contributed by atoms with Gasteiger partial charge in [0.25, 0.3) is 5.56 Å². The van der Waals surface area contributed by atoms with Crippen LogP contribution in [0.2, 0.25) is 0 Å². The highest BCUT2D eigenvalue weighted by atomic mass is 32.1. The number of thiophene rings is 1. The van der Waals surface area contributed by atoms with E-state index in [9.17, 15) is 18.4 Å². The minimum atomic E-state index is -2.87. The standard InChI is InChI=1S/C24H21F2N3O3S/c1-15-20(17-5-3-2-4-6-17)21-22(33-15)28-14-29(23(21)31)13-19(30)27-12-11-16-7-9-18(10-8-16)32-24(25)26/h2-10,14,24H,11-13H2,1H3,(H,27,30). The second kappa shape index (κ2) is 9.91. The molecule has 1 N–H and O–H groups in total. The molecule has 0 radical (unpaired) electrons. The van der Waals surface area contributed by atoms with Crippen LogP contribution in [0.1, 0.15) is 10.4 Å². The van der Waals surface area contributed by atoms with E-state index in [4.69, 9.17) is 0 Å². The Labute approximate surface area is 192 Å². The van der Waals surface area contributed by atoms with Crippen molar-refractivity contribution in [3.05, 3.63) is 81.7 Å². The summed E-state index contributed by atoms with van der Waals surface area (Å²) < 4.78 is 30.1. The average molecular weight is 470 g/mol. The second-order valence-electron chi connectivity index (χ2n) is 7.38. The smallest absolute Gasteiger partial charge is 0.387 e. The Morgan fingerprint density at radius 2 is 1.88 bits per heavy atom. The van der Waals surface area contributed by atoms with E-state index < -0.39 is 6.61 Å². The van der Waals surface area contributed by atoms with Crippen molar-refractivity contribution >= 4 is 27.5 Å². The molecule has 33 heavy (non-hydrogen) atoms. The van der Waals surface area contributed by atoms with Crippen LogP contribution in [0, 0.1) is 6.92 Å². The normalized spacial score (nSPS) is 11.2. The Bertz CT molecular complexity index is 1320. The molecule has 2 heterocycles. The zero-order valence-electron chi connectivity index (χ0n) is 17.8. The van der Waals surface area contributed by atoms with Crippen molar-refractivity contribution in [1.82, 2.24) is 14.9 Å². The first kappa shape index (κ1) is 22.6. The van der Waals surface area contributed by atoms with Crippen molar-refractivity contribution in [2.75, 3.05) is 6.54 Å². The van der Waals surface area contributed by atoms with Crippen molar-refractivity contribution in [3.8, 4) is 16.9 Å². The predicted molar refractivity (Wildman–Crippen MR) is 124 cm³/mol. The molecule has 170 valence electrons. The number of aryl methyl sites for hydroxylation is 1. The highest BCUT2D eigenvalue weighted by Crippen LogP contribution is 2.35. The van der Waals surface area contributed by atoms with Gasteiger partial charge < -0.3 is 10.1 Å². The summed E-state index contributed by atoms with van der Waals surface area (Å²) in [6.07, 6.45) is 1.91. The third-order valence-electron chi connectivity index (χ3n) is 5.12. The molecule has 9 heteroatoms. The number of fused-ring (bicyclic) bond motifs is 1.